The lowest BCUT2D eigenvalue weighted by atomic mass is 9.85. The zero-order valence-electron chi connectivity index (χ0n) is 13.5. The third-order valence-electron chi connectivity index (χ3n) is 4.33. The van der Waals surface area contributed by atoms with Crippen molar-refractivity contribution in [3.8, 4) is 0 Å². The summed E-state index contributed by atoms with van der Waals surface area (Å²) in [6.07, 6.45) is 2.50. The molecule has 22 heavy (non-hydrogen) atoms. The van der Waals surface area contributed by atoms with E-state index in [9.17, 15) is 9.59 Å². The monoisotopic (exact) mass is 304 g/mol. The van der Waals surface area contributed by atoms with Gasteiger partial charge < -0.3 is 10.4 Å². The highest BCUT2D eigenvalue weighted by Crippen LogP contribution is 2.38. The first kappa shape index (κ1) is 16.5. The summed E-state index contributed by atoms with van der Waals surface area (Å²) in [5, 5.41) is 11.9. The van der Waals surface area contributed by atoms with Crippen LogP contribution >= 0.6 is 0 Å². The number of carbonyl (C=O) groups is 2. The number of fused-ring (bicyclic) bond motifs is 1. The number of amides is 1. The van der Waals surface area contributed by atoms with Crippen LogP contribution in [0.1, 0.15) is 49.4 Å². The minimum Gasteiger partial charge on any atom is -0.481 e. The highest BCUT2D eigenvalue weighted by Gasteiger charge is 2.28. The topological polar surface area (TPSA) is 69.6 Å². The van der Waals surface area contributed by atoms with Crippen molar-refractivity contribution in [1.82, 2.24) is 4.90 Å². The van der Waals surface area contributed by atoms with E-state index < -0.39 is 5.97 Å². The van der Waals surface area contributed by atoms with Crippen LogP contribution in [0.2, 0.25) is 0 Å². The van der Waals surface area contributed by atoms with Crippen LogP contribution in [0.15, 0.2) is 12.1 Å². The average molecular weight is 304 g/mol. The summed E-state index contributed by atoms with van der Waals surface area (Å²) in [4.78, 5) is 24.6. The molecule has 2 rings (SSSR count). The van der Waals surface area contributed by atoms with Gasteiger partial charge in [-0.05, 0) is 49.1 Å². The number of carbonyl (C=O) groups excluding carboxylic acids is 1. The SMILES string of the molecule is CCC1c2c(CCC(=O)O)ccc(NC(C)=O)c2CCN1C. The summed E-state index contributed by atoms with van der Waals surface area (Å²) >= 11 is 0. The number of hydrogen-bond acceptors (Lipinski definition) is 3. The average Bonchev–Trinajstić information content (AvgIpc) is 2.45. The zero-order chi connectivity index (χ0) is 16.3. The first-order valence-corrected chi connectivity index (χ1v) is 7.78. The van der Waals surface area contributed by atoms with Crippen LogP contribution in [-0.2, 0) is 22.4 Å². The Morgan fingerprint density at radius 1 is 1.41 bits per heavy atom. The standard InChI is InChI=1S/C17H24N2O3/c1-4-15-17-12(6-8-16(21)22)5-7-14(18-11(2)20)13(17)9-10-19(15)3/h5,7,15H,4,6,8-10H2,1-3H3,(H,18,20)(H,21,22). The molecule has 1 aliphatic rings. The van der Waals surface area contributed by atoms with Gasteiger partial charge in [0.25, 0.3) is 0 Å². The Bertz CT molecular complexity index is 584. The number of rotatable bonds is 5. The fourth-order valence-electron chi connectivity index (χ4n) is 3.34. The van der Waals surface area contributed by atoms with Gasteiger partial charge >= 0.3 is 5.97 Å². The summed E-state index contributed by atoms with van der Waals surface area (Å²) in [6.45, 7) is 4.60. The van der Waals surface area contributed by atoms with Gasteiger partial charge in [-0.15, -0.1) is 0 Å². The molecule has 0 saturated carbocycles. The molecule has 0 spiro atoms. The number of benzene rings is 1. The second-order valence-electron chi connectivity index (χ2n) is 5.89. The molecule has 1 atom stereocenters. The van der Waals surface area contributed by atoms with Crippen molar-refractivity contribution in [1.29, 1.82) is 0 Å². The molecular weight excluding hydrogens is 280 g/mol. The maximum Gasteiger partial charge on any atom is 0.303 e. The largest absolute Gasteiger partial charge is 0.481 e. The Morgan fingerprint density at radius 3 is 2.73 bits per heavy atom. The zero-order valence-corrected chi connectivity index (χ0v) is 13.5. The quantitative estimate of drug-likeness (QED) is 0.877. The number of anilines is 1. The van der Waals surface area contributed by atoms with Gasteiger partial charge in [-0.2, -0.15) is 0 Å². The van der Waals surface area contributed by atoms with Crippen LogP contribution in [0.25, 0.3) is 0 Å². The fraction of sp³-hybridized carbons (Fsp3) is 0.529. The van der Waals surface area contributed by atoms with Crippen molar-refractivity contribution >= 4 is 17.6 Å². The molecule has 1 aliphatic heterocycles. The van der Waals surface area contributed by atoms with Crippen LogP contribution in [0, 0.1) is 0 Å². The number of nitrogens with one attached hydrogen (secondary N) is 1. The van der Waals surface area contributed by atoms with Crippen molar-refractivity contribution in [2.24, 2.45) is 0 Å². The highest BCUT2D eigenvalue weighted by molar-refractivity contribution is 5.90. The number of aliphatic carboxylic acids is 1. The van der Waals surface area contributed by atoms with Gasteiger partial charge in [0.15, 0.2) is 0 Å². The summed E-state index contributed by atoms with van der Waals surface area (Å²) in [6, 6.07) is 4.16. The van der Waals surface area contributed by atoms with E-state index in [2.05, 4.69) is 24.2 Å². The van der Waals surface area contributed by atoms with Crippen LogP contribution in [0.5, 0.6) is 0 Å². The highest BCUT2D eigenvalue weighted by atomic mass is 16.4. The predicted octanol–water partition coefficient (Wildman–Crippen LogP) is 2.60. The van der Waals surface area contributed by atoms with Gasteiger partial charge in [0, 0.05) is 31.6 Å². The molecule has 0 aromatic heterocycles. The first-order valence-electron chi connectivity index (χ1n) is 7.78. The Labute approximate surface area is 131 Å². The molecule has 5 nitrogen and oxygen atoms in total. The predicted molar refractivity (Wildman–Crippen MR) is 86.1 cm³/mol. The number of nitrogens with zero attached hydrogens (tertiary/aromatic N) is 1. The van der Waals surface area contributed by atoms with E-state index in [4.69, 9.17) is 5.11 Å². The molecule has 0 radical (unpaired) electrons. The van der Waals surface area contributed by atoms with E-state index >= 15 is 0 Å². The van der Waals surface area contributed by atoms with E-state index in [1.807, 2.05) is 12.1 Å². The number of likely N-dealkylation sites (N-methyl/N-ethyl adjacent to an activating group) is 1. The minimum absolute atomic E-state index is 0.0764. The number of carboxylic acid groups (broad SMARTS) is 1. The van der Waals surface area contributed by atoms with Gasteiger partial charge in [-0.3, -0.25) is 14.5 Å². The molecule has 5 heteroatoms. The van der Waals surface area contributed by atoms with E-state index in [0.717, 1.165) is 30.6 Å². The number of aryl methyl sites for hydroxylation is 1. The van der Waals surface area contributed by atoms with E-state index in [-0.39, 0.29) is 18.4 Å². The molecule has 2 N–H and O–H groups in total. The molecule has 1 unspecified atom stereocenters. The Balaban J connectivity index is 2.48. The first-order chi connectivity index (χ1) is 10.4. The van der Waals surface area contributed by atoms with Crippen molar-refractivity contribution in [2.75, 3.05) is 18.9 Å². The Hall–Kier alpha value is -1.88. The maximum atomic E-state index is 11.4. The van der Waals surface area contributed by atoms with Crippen molar-refractivity contribution in [3.05, 3.63) is 28.8 Å². The third kappa shape index (κ3) is 3.47. The van der Waals surface area contributed by atoms with Crippen LogP contribution in [-0.4, -0.2) is 35.5 Å². The lowest BCUT2D eigenvalue weighted by Gasteiger charge is -2.36. The summed E-state index contributed by atoms with van der Waals surface area (Å²) in [7, 11) is 2.10. The van der Waals surface area contributed by atoms with Gasteiger partial charge in [0.2, 0.25) is 5.91 Å². The third-order valence-corrected chi connectivity index (χ3v) is 4.33. The second kappa shape index (κ2) is 6.92. The molecule has 0 fully saturated rings. The molecule has 0 bridgehead atoms. The molecule has 1 aromatic carbocycles. The Kier molecular flexibility index (Phi) is 5.19. The van der Waals surface area contributed by atoms with Crippen LogP contribution < -0.4 is 5.32 Å². The molecule has 1 aromatic rings. The van der Waals surface area contributed by atoms with Crippen molar-refractivity contribution < 1.29 is 14.7 Å². The normalized spacial score (nSPS) is 17.9. The van der Waals surface area contributed by atoms with Crippen molar-refractivity contribution in [2.45, 2.75) is 45.6 Å². The van der Waals surface area contributed by atoms with Gasteiger partial charge in [0.1, 0.15) is 0 Å². The smallest absolute Gasteiger partial charge is 0.303 e. The summed E-state index contributed by atoms with van der Waals surface area (Å²) in [5.41, 5.74) is 4.34. The fourth-order valence-corrected chi connectivity index (χ4v) is 3.34. The van der Waals surface area contributed by atoms with Gasteiger partial charge in [-0.25, -0.2) is 0 Å². The minimum atomic E-state index is -0.781. The van der Waals surface area contributed by atoms with E-state index in [1.54, 1.807) is 0 Å². The summed E-state index contributed by atoms with van der Waals surface area (Å²) in [5.74, 6) is -0.857. The lowest BCUT2D eigenvalue weighted by Crippen LogP contribution is -2.33. The molecule has 0 aliphatic carbocycles. The van der Waals surface area contributed by atoms with E-state index in [0.29, 0.717) is 6.42 Å². The summed E-state index contributed by atoms with van der Waals surface area (Å²) < 4.78 is 0. The number of hydrogen-bond donors (Lipinski definition) is 2. The van der Waals surface area contributed by atoms with Crippen LogP contribution in [0.3, 0.4) is 0 Å². The van der Waals surface area contributed by atoms with Gasteiger partial charge in [0.05, 0.1) is 0 Å². The second-order valence-corrected chi connectivity index (χ2v) is 5.89. The van der Waals surface area contributed by atoms with E-state index in [1.165, 1.54) is 18.1 Å². The maximum absolute atomic E-state index is 11.4. The van der Waals surface area contributed by atoms with Crippen LogP contribution in [0.4, 0.5) is 5.69 Å². The number of carboxylic acids is 1. The molecule has 1 heterocycles. The van der Waals surface area contributed by atoms with Gasteiger partial charge in [-0.1, -0.05) is 13.0 Å². The molecule has 1 amide bonds. The molecular formula is C17H24N2O3. The molecule has 120 valence electrons. The lowest BCUT2D eigenvalue weighted by molar-refractivity contribution is -0.137. The molecule has 0 saturated heterocycles. The Morgan fingerprint density at radius 2 is 2.14 bits per heavy atom. The van der Waals surface area contributed by atoms with Crippen molar-refractivity contribution in [3.63, 3.8) is 0 Å².